The molecule has 51 heavy (non-hydrogen) atoms. The first-order chi connectivity index (χ1) is 24.4. The van der Waals surface area contributed by atoms with Crippen LogP contribution in [0.2, 0.25) is 0 Å². The van der Waals surface area contributed by atoms with Crippen LogP contribution in [-0.2, 0) is 61.6 Å². The van der Waals surface area contributed by atoms with Gasteiger partial charge in [0, 0.05) is 42.7 Å². The summed E-state index contributed by atoms with van der Waals surface area (Å²) in [6, 6.07) is 0. The SMILES string of the molecule is COC[C@H]1O[C@@H](O[C@H]2[C@H](OC)[C@@H](OC)C(O)O[C@@H]2COC)[C@H](OC)[C@@H](OC)[C@@H]1O[C@@H]1O[C@H](CO)[C@@H](O[C@@H]2O[C@H](CO)[C@H](O)[C@H](O)[C@H]2O)[C@H](O)[C@H]1O. The highest BCUT2D eigenvalue weighted by molar-refractivity contribution is 4.99. The number of hydrogen-bond acceptors (Lipinski definition) is 21. The van der Waals surface area contributed by atoms with Gasteiger partial charge in [-0.15, -0.1) is 0 Å². The molecule has 0 bridgehead atoms. The quantitative estimate of drug-likeness (QED) is 0.0729. The monoisotopic (exact) mass is 750 g/mol. The number of hydrogen-bond donors (Lipinski definition) is 8. The molecule has 21 nitrogen and oxygen atoms in total. The summed E-state index contributed by atoms with van der Waals surface area (Å²) in [5.74, 6) is 0. The molecule has 0 aromatic carbocycles. The van der Waals surface area contributed by atoms with Crippen LogP contribution < -0.4 is 0 Å². The molecule has 4 aliphatic rings. The van der Waals surface area contributed by atoms with Gasteiger partial charge in [-0.3, -0.25) is 0 Å². The van der Waals surface area contributed by atoms with Gasteiger partial charge in [0.15, 0.2) is 25.2 Å². The maximum Gasteiger partial charge on any atom is 0.187 e. The largest absolute Gasteiger partial charge is 0.394 e. The average Bonchev–Trinajstić information content (AvgIpc) is 3.12. The van der Waals surface area contributed by atoms with E-state index in [2.05, 4.69) is 0 Å². The van der Waals surface area contributed by atoms with Crippen LogP contribution in [0, 0.1) is 0 Å². The fourth-order valence-corrected chi connectivity index (χ4v) is 6.82. The normalized spacial score (nSPS) is 48.1. The Morgan fingerprint density at radius 1 is 0.392 bits per heavy atom. The predicted octanol–water partition coefficient (Wildman–Crippen LogP) is -5.82. The number of methoxy groups -OCH3 is 6. The van der Waals surface area contributed by atoms with Crippen LogP contribution in [0.1, 0.15) is 0 Å². The first-order valence-electron chi connectivity index (χ1n) is 16.4. The van der Waals surface area contributed by atoms with E-state index in [9.17, 15) is 40.9 Å². The predicted molar refractivity (Wildman–Crippen MR) is 163 cm³/mol. The molecule has 0 aromatic rings. The van der Waals surface area contributed by atoms with Crippen molar-refractivity contribution in [2.24, 2.45) is 0 Å². The van der Waals surface area contributed by atoms with Crippen molar-refractivity contribution in [3.05, 3.63) is 0 Å². The molecule has 0 radical (unpaired) electrons. The zero-order valence-corrected chi connectivity index (χ0v) is 29.3. The Kier molecular flexibility index (Phi) is 16.5. The third-order valence-corrected chi connectivity index (χ3v) is 9.49. The first kappa shape index (κ1) is 42.9. The van der Waals surface area contributed by atoms with Gasteiger partial charge in [0.1, 0.15) is 97.7 Å². The molecule has 4 heterocycles. The zero-order chi connectivity index (χ0) is 37.6. The van der Waals surface area contributed by atoms with Crippen molar-refractivity contribution in [2.45, 2.75) is 123 Å². The van der Waals surface area contributed by atoms with Crippen LogP contribution >= 0.6 is 0 Å². The topological polar surface area (TPSA) is 282 Å². The lowest BCUT2D eigenvalue weighted by atomic mass is 9.95. The summed E-state index contributed by atoms with van der Waals surface area (Å²) in [6.07, 6.45) is -26.8. The molecule has 0 saturated carbocycles. The van der Waals surface area contributed by atoms with E-state index in [-0.39, 0.29) is 13.2 Å². The Balaban J connectivity index is 1.53. The highest BCUT2D eigenvalue weighted by Gasteiger charge is 2.56. The molecule has 0 aromatic heterocycles. The van der Waals surface area contributed by atoms with E-state index in [0.717, 1.165) is 0 Å². The molecule has 4 saturated heterocycles. The fraction of sp³-hybridized carbons (Fsp3) is 1.00. The lowest BCUT2D eigenvalue weighted by molar-refractivity contribution is -0.391. The van der Waals surface area contributed by atoms with E-state index < -0.39 is 136 Å². The van der Waals surface area contributed by atoms with E-state index in [0.29, 0.717) is 0 Å². The van der Waals surface area contributed by atoms with Crippen LogP contribution in [-0.4, -0.2) is 233 Å². The van der Waals surface area contributed by atoms with Gasteiger partial charge in [-0.05, 0) is 0 Å². The molecule has 0 spiro atoms. The van der Waals surface area contributed by atoms with Crippen molar-refractivity contribution >= 4 is 0 Å². The van der Waals surface area contributed by atoms with E-state index in [1.165, 1.54) is 42.7 Å². The summed E-state index contributed by atoms with van der Waals surface area (Å²) in [5.41, 5.74) is 0. The standard InChI is InChI=1S/C30H54O21/c1-39-9-13-21(23(41-3)25(43-5)27(38)45-13)51-30-26(44-6)24(42-4)22(14(48-30)10-40-2)50-29-19(37)17(35)20(12(8-32)47-29)49-28-18(36)16(34)15(33)11(7-31)46-28/h11-38H,7-10H2,1-6H3/t11-,12-,13-,14-,15+,16+,17-,18-,19-,20-,21-,22-,23+,24+,25-,26-,27?,28+,29+,30+/m1/s1. The molecule has 20 atom stereocenters. The van der Waals surface area contributed by atoms with Crippen LogP contribution in [0.15, 0.2) is 0 Å². The maximum atomic E-state index is 11.2. The molecular formula is C30H54O21. The van der Waals surface area contributed by atoms with Crippen molar-refractivity contribution in [1.82, 2.24) is 0 Å². The summed E-state index contributed by atoms with van der Waals surface area (Å²) in [5, 5.41) is 83.2. The Morgan fingerprint density at radius 2 is 0.824 bits per heavy atom. The van der Waals surface area contributed by atoms with Crippen LogP contribution in [0.5, 0.6) is 0 Å². The number of aliphatic hydroxyl groups is 8. The Bertz CT molecular complexity index is 1010. The molecule has 4 aliphatic heterocycles. The van der Waals surface area contributed by atoms with Gasteiger partial charge in [0.25, 0.3) is 0 Å². The molecule has 0 amide bonds. The van der Waals surface area contributed by atoms with Gasteiger partial charge >= 0.3 is 0 Å². The number of aliphatic hydroxyl groups excluding tert-OH is 8. The van der Waals surface area contributed by atoms with Crippen molar-refractivity contribution < 1.29 is 102 Å². The molecular weight excluding hydrogens is 696 g/mol. The zero-order valence-electron chi connectivity index (χ0n) is 29.3. The van der Waals surface area contributed by atoms with Gasteiger partial charge in [-0.1, -0.05) is 0 Å². The van der Waals surface area contributed by atoms with Crippen molar-refractivity contribution in [2.75, 3.05) is 69.1 Å². The molecule has 8 N–H and O–H groups in total. The second kappa shape index (κ2) is 19.7. The van der Waals surface area contributed by atoms with Crippen LogP contribution in [0.4, 0.5) is 0 Å². The third-order valence-electron chi connectivity index (χ3n) is 9.49. The van der Waals surface area contributed by atoms with Crippen molar-refractivity contribution in [3.8, 4) is 0 Å². The van der Waals surface area contributed by atoms with Gasteiger partial charge in [-0.25, -0.2) is 0 Å². The molecule has 4 fully saturated rings. The second-order valence-electron chi connectivity index (χ2n) is 12.5. The minimum atomic E-state index is -1.84. The van der Waals surface area contributed by atoms with Gasteiger partial charge in [0.2, 0.25) is 0 Å². The third kappa shape index (κ3) is 9.18. The minimum absolute atomic E-state index is 0.00960. The molecule has 300 valence electrons. The van der Waals surface area contributed by atoms with E-state index in [1.54, 1.807) is 0 Å². The van der Waals surface area contributed by atoms with Crippen LogP contribution in [0.25, 0.3) is 0 Å². The first-order valence-corrected chi connectivity index (χ1v) is 16.4. The van der Waals surface area contributed by atoms with Gasteiger partial charge in [0.05, 0.1) is 26.4 Å². The summed E-state index contributed by atoms with van der Waals surface area (Å²) in [4.78, 5) is 0. The van der Waals surface area contributed by atoms with E-state index in [4.69, 9.17) is 61.6 Å². The average molecular weight is 751 g/mol. The van der Waals surface area contributed by atoms with E-state index >= 15 is 0 Å². The molecule has 0 aliphatic carbocycles. The highest BCUT2D eigenvalue weighted by Crippen LogP contribution is 2.36. The highest BCUT2D eigenvalue weighted by atomic mass is 16.8. The second-order valence-corrected chi connectivity index (χ2v) is 12.5. The summed E-state index contributed by atoms with van der Waals surface area (Å²) in [7, 11) is 8.42. The fourth-order valence-electron chi connectivity index (χ4n) is 6.82. The Labute approximate surface area is 294 Å². The van der Waals surface area contributed by atoms with Gasteiger partial charge in [-0.2, -0.15) is 0 Å². The van der Waals surface area contributed by atoms with Gasteiger partial charge < -0.3 is 102 Å². The lowest BCUT2D eigenvalue weighted by Gasteiger charge is -2.50. The van der Waals surface area contributed by atoms with E-state index in [1.807, 2.05) is 0 Å². The summed E-state index contributed by atoms with van der Waals surface area (Å²) in [6.45, 7) is -1.60. The number of ether oxygens (including phenoxy) is 13. The summed E-state index contributed by atoms with van der Waals surface area (Å²) >= 11 is 0. The van der Waals surface area contributed by atoms with Crippen LogP contribution in [0.3, 0.4) is 0 Å². The molecule has 1 unspecified atom stereocenters. The maximum absolute atomic E-state index is 11.2. The summed E-state index contributed by atoms with van der Waals surface area (Å²) < 4.78 is 74.9. The molecule has 4 rings (SSSR count). The lowest BCUT2D eigenvalue weighted by Crippen LogP contribution is -2.68. The number of rotatable bonds is 16. The smallest absolute Gasteiger partial charge is 0.187 e. The molecule has 21 heteroatoms. The Hall–Kier alpha value is -0.840. The Morgan fingerprint density at radius 3 is 1.33 bits per heavy atom. The van der Waals surface area contributed by atoms with Crippen molar-refractivity contribution in [1.29, 1.82) is 0 Å². The van der Waals surface area contributed by atoms with Crippen molar-refractivity contribution in [3.63, 3.8) is 0 Å². The minimum Gasteiger partial charge on any atom is -0.394 e.